The van der Waals surface area contributed by atoms with Crippen molar-refractivity contribution >= 4 is 6.40 Å². The van der Waals surface area contributed by atoms with Crippen LogP contribution in [0.2, 0.25) is 0 Å². The van der Waals surface area contributed by atoms with Crippen LogP contribution in [-0.2, 0) is 10.2 Å². The van der Waals surface area contributed by atoms with Crippen LogP contribution in [0.25, 0.3) is 0 Å². The minimum absolute atomic E-state index is 0.0894. The quantitative estimate of drug-likeness (QED) is 0.923. The van der Waals surface area contributed by atoms with Crippen LogP contribution in [0.15, 0.2) is 34.7 Å². The Hall–Kier alpha value is -1.84. The van der Waals surface area contributed by atoms with Gasteiger partial charge in [-0.2, -0.15) is 0 Å². The monoisotopic (exact) mass is 283 g/mol. The normalized spacial score (nSPS) is 32.7. The Morgan fingerprint density at radius 1 is 1.24 bits per heavy atom. The van der Waals surface area contributed by atoms with E-state index in [2.05, 4.69) is 49.8 Å². The Balaban J connectivity index is 1.79. The second kappa shape index (κ2) is 3.87. The Kier molecular flexibility index (Phi) is 2.37. The number of ether oxygens (including phenoxy) is 1. The van der Waals surface area contributed by atoms with Crippen LogP contribution in [0.1, 0.15) is 51.6 Å². The highest BCUT2D eigenvalue weighted by molar-refractivity contribution is 5.69. The van der Waals surface area contributed by atoms with Crippen LogP contribution in [0.5, 0.6) is 0 Å². The molecule has 2 unspecified atom stereocenters. The number of nitrogens with zero attached hydrogens (tertiary/aromatic N) is 2. The van der Waals surface area contributed by atoms with Crippen molar-refractivity contribution in [1.82, 2.24) is 9.97 Å². The number of H-pyrrole nitrogens is 1. The van der Waals surface area contributed by atoms with Crippen molar-refractivity contribution in [2.24, 2.45) is 10.9 Å². The number of aliphatic imine (C=N–C) groups is 1. The minimum Gasteiger partial charge on any atom is -0.448 e. The second-order valence-electron chi connectivity index (χ2n) is 6.97. The van der Waals surface area contributed by atoms with Gasteiger partial charge in [-0.05, 0) is 17.9 Å². The van der Waals surface area contributed by atoms with Gasteiger partial charge in [-0.3, -0.25) is 0 Å². The zero-order chi connectivity index (χ0) is 14.8. The lowest BCUT2D eigenvalue weighted by molar-refractivity contribution is 0.395. The molecule has 4 nitrogen and oxygen atoms in total. The maximum absolute atomic E-state index is 5.78. The number of imidazole rings is 1. The number of rotatable bonds is 3. The summed E-state index contributed by atoms with van der Waals surface area (Å²) in [5.74, 6) is 2.93. The van der Waals surface area contributed by atoms with Crippen molar-refractivity contribution in [3.63, 3.8) is 0 Å². The van der Waals surface area contributed by atoms with Gasteiger partial charge < -0.3 is 9.72 Å². The largest absolute Gasteiger partial charge is 0.448 e. The molecule has 2 aliphatic carbocycles. The van der Waals surface area contributed by atoms with E-state index in [1.54, 1.807) is 6.40 Å². The van der Waals surface area contributed by atoms with Crippen molar-refractivity contribution in [2.75, 3.05) is 0 Å². The fourth-order valence-electron chi connectivity index (χ4n) is 3.66. The van der Waals surface area contributed by atoms with Gasteiger partial charge >= 0.3 is 0 Å². The van der Waals surface area contributed by atoms with Crippen molar-refractivity contribution in [1.29, 1.82) is 0 Å². The lowest BCUT2D eigenvalue weighted by Crippen LogP contribution is -2.26. The number of aromatic amines is 1. The minimum atomic E-state index is -0.220. The number of nitrogens with one attached hydrogen (secondary N) is 1. The summed E-state index contributed by atoms with van der Waals surface area (Å²) in [5, 5.41) is 0. The molecule has 0 saturated heterocycles. The van der Waals surface area contributed by atoms with Crippen LogP contribution in [0.3, 0.4) is 0 Å². The first-order chi connectivity index (χ1) is 10.0. The molecule has 1 aliphatic heterocycles. The molecule has 0 amide bonds. The Bertz CT molecular complexity index is 695. The molecule has 1 N–H and O–H groups in total. The Labute approximate surface area is 125 Å². The first-order valence-corrected chi connectivity index (χ1v) is 7.70. The molecule has 21 heavy (non-hydrogen) atoms. The predicted octanol–water partition coefficient (Wildman–Crippen LogP) is 3.45. The zero-order valence-electron chi connectivity index (χ0n) is 13.0. The van der Waals surface area contributed by atoms with Crippen LogP contribution in [0.4, 0.5) is 0 Å². The fraction of sp³-hybridized carbons (Fsp3) is 0.529. The summed E-state index contributed by atoms with van der Waals surface area (Å²) in [6, 6.07) is 0. The van der Waals surface area contributed by atoms with Crippen molar-refractivity contribution in [3.05, 3.63) is 41.2 Å². The summed E-state index contributed by atoms with van der Waals surface area (Å²) in [6.07, 6.45) is 9.08. The lowest BCUT2D eigenvalue weighted by atomic mass is 9.85. The SMILES string of the molecule is CC(C)C1=C2OC=NC23CC3(c2cnc(C(C)C)[nH]2)C=C1. The van der Waals surface area contributed by atoms with Gasteiger partial charge in [-0.25, -0.2) is 9.98 Å². The summed E-state index contributed by atoms with van der Waals surface area (Å²) in [5.41, 5.74) is 2.12. The Morgan fingerprint density at radius 2 is 2.05 bits per heavy atom. The number of hydrogen-bond acceptors (Lipinski definition) is 3. The topological polar surface area (TPSA) is 50.3 Å². The predicted molar refractivity (Wildman–Crippen MR) is 82.3 cm³/mol. The van der Waals surface area contributed by atoms with E-state index in [4.69, 9.17) is 9.73 Å². The van der Waals surface area contributed by atoms with Gasteiger partial charge in [0.2, 0.25) is 0 Å². The molecule has 0 radical (unpaired) electrons. The van der Waals surface area contributed by atoms with E-state index < -0.39 is 0 Å². The van der Waals surface area contributed by atoms with Crippen molar-refractivity contribution < 1.29 is 4.74 Å². The van der Waals surface area contributed by atoms with E-state index in [1.807, 2.05) is 6.20 Å². The summed E-state index contributed by atoms with van der Waals surface area (Å²) in [6.45, 7) is 8.70. The van der Waals surface area contributed by atoms with Crippen molar-refractivity contribution in [2.45, 2.75) is 51.0 Å². The van der Waals surface area contributed by atoms with Gasteiger partial charge in [0.05, 0.1) is 5.41 Å². The zero-order valence-corrected chi connectivity index (χ0v) is 13.0. The van der Waals surface area contributed by atoms with Gasteiger partial charge in [-0.1, -0.05) is 39.8 Å². The second-order valence-corrected chi connectivity index (χ2v) is 6.97. The van der Waals surface area contributed by atoms with Crippen molar-refractivity contribution in [3.8, 4) is 0 Å². The third kappa shape index (κ3) is 1.45. The van der Waals surface area contributed by atoms with Gasteiger partial charge in [0.25, 0.3) is 0 Å². The summed E-state index contributed by atoms with van der Waals surface area (Å²) < 4.78 is 5.78. The smallest absolute Gasteiger partial charge is 0.177 e. The average molecular weight is 283 g/mol. The van der Waals surface area contributed by atoms with Crippen LogP contribution >= 0.6 is 0 Å². The molecule has 2 heterocycles. The molecular formula is C17H21N3O. The molecule has 1 aromatic heterocycles. The number of aromatic nitrogens is 2. The maximum atomic E-state index is 5.78. The molecule has 1 aromatic rings. The fourth-order valence-corrected chi connectivity index (χ4v) is 3.66. The molecule has 0 bridgehead atoms. The third-order valence-electron chi connectivity index (χ3n) is 5.02. The summed E-state index contributed by atoms with van der Waals surface area (Å²) in [4.78, 5) is 12.7. The summed E-state index contributed by atoms with van der Waals surface area (Å²) in [7, 11) is 0. The molecule has 110 valence electrons. The first-order valence-electron chi connectivity index (χ1n) is 7.70. The molecule has 4 heteroatoms. The third-order valence-corrected chi connectivity index (χ3v) is 5.02. The average Bonchev–Trinajstić information content (AvgIpc) is 2.81. The van der Waals surface area contributed by atoms with Crippen LogP contribution in [-0.4, -0.2) is 21.9 Å². The van der Waals surface area contributed by atoms with E-state index >= 15 is 0 Å². The van der Waals surface area contributed by atoms with E-state index in [0.29, 0.717) is 11.8 Å². The molecule has 0 aromatic carbocycles. The van der Waals surface area contributed by atoms with Gasteiger partial charge in [-0.15, -0.1) is 0 Å². The van der Waals surface area contributed by atoms with Gasteiger partial charge in [0.1, 0.15) is 17.1 Å². The van der Waals surface area contributed by atoms with E-state index in [-0.39, 0.29) is 11.0 Å². The molecular weight excluding hydrogens is 262 g/mol. The van der Waals surface area contributed by atoms with Crippen LogP contribution in [0, 0.1) is 5.92 Å². The molecule has 1 fully saturated rings. The highest BCUT2D eigenvalue weighted by Crippen LogP contribution is 2.68. The first kappa shape index (κ1) is 12.9. The highest BCUT2D eigenvalue weighted by atomic mass is 16.5. The van der Waals surface area contributed by atoms with Gasteiger partial charge in [0, 0.05) is 17.8 Å². The summed E-state index contributed by atoms with van der Waals surface area (Å²) >= 11 is 0. The number of hydrogen-bond donors (Lipinski definition) is 1. The highest BCUT2D eigenvalue weighted by Gasteiger charge is 2.74. The van der Waals surface area contributed by atoms with E-state index in [1.165, 1.54) is 5.57 Å². The van der Waals surface area contributed by atoms with Crippen LogP contribution < -0.4 is 0 Å². The molecule has 1 saturated carbocycles. The van der Waals surface area contributed by atoms with E-state index in [0.717, 1.165) is 23.7 Å². The molecule has 3 aliphatic rings. The standard InChI is InChI=1S/C17H21N3O/c1-10(2)12-5-6-16(8-17(16)14(12)21-9-19-17)13-7-18-15(20-13)11(3)4/h5-7,9-11H,8H2,1-4H3,(H,18,20). The Morgan fingerprint density at radius 3 is 2.71 bits per heavy atom. The maximum Gasteiger partial charge on any atom is 0.177 e. The molecule has 2 atom stereocenters. The number of allylic oxidation sites excluding steroid dienone is 2. The lowest BCUT2D eigenvalue weighted by Gasteiger charge is -2.24. The van der Waals surface area contributed by atoms with E-state index in [9.17, 15) is 0 Å². The van der Waals surface area contributed by atoms with Gasteiger partial charge in [0.15, 0.2) is 6.40 Å². The molecule has 4 rings (SSSR count). The molecule has 1 spiro atoms.